The first-order chi connectivity index (χ1) is 13.4. The summed E-state index contributed by atoms with van der Waals surface area (Å²) in [4.78, 5) is 38.8. The maximum Gasteiger partial charge on any atom is 0.325 e. The minimum absolute atomic E-state index is 0.346. The van der Waals surface area contributed by atoms with Crippen molar-refractivity contribution in [1.82, 2.24) is 10.2 Å². The summed E-state index contributed by atoms with van der Waals surface area (Å²) in [5.41, 5.74) is -0.0442. The molecule has 2 N–H and O–H groups in total. The molecule has 0 bridgehead atoms. The lowest BCUT2D eigenvalue weighted by atomic mass is 9.87. The van der Waals surface area contributed by atoms with E-state index in [1.807, 2.05) is 0 Å². The molecule has 0 unspecified atom stereocenters. The number of nitrogens with zero attached hydrogens (tertiary/aromatic N) is 1. The van der Waals surface area contributed by atoms with Crippen molar-refractivity contribution >= 4 is 35.1 Å². The van der Waals surface area contributed by atoms with Crippen LogP contribution in [0.3, 0.4) is 0 Å². The van der Waals surface area contributed by atoms with E-state index in [1.165, 1.54) is 0 Å². The minimum Gasteiger partial charge on any atom is -0.497 e. The standard InChI is InChI=1S/C20H20ClN3O4/c1-3-20(13-4-10-16(28-2)11-5-13)18(26)24(19(27)23-20)12-17(25)22-15-8-6-14(21)7-9-15/h4-11H,3,12H2,1-2H3,(H,22,25)(H,23,27)/t20-/m1/s1. The molecule has 0 radical (unpaired) electrons. The molecular formula is C20H20ClN3O4. The fraction of sp³-hybridized carbons (Fsp3) is 0.250. The van der Waals surface area contributed by atoms with Crippen LogP contribution in [0.5, 0.6) is 5.75 Å². The highest BCUT2D eigenvalue weighted by Gasteiger charge is 2.51. The summed E-state index contributed by atoms with van der Waals surface area (Å²) in [7, 11) is 1.55. The Kier molecular flexibility index (Phi) is 5.56. The van der Waals surface area contributed by atoms with Crippen LogP contribution in [0.2, 0.25) is 5.02 Å². The number of carbonyl (C=O) groups excluding carboxylic acids is 3. The first-order valence-corrected chi connectivity index (χ1v) is 9.11. The van der Waals surface area contributed by atoms with Crippen molar-refractivity contribution in [2.24, 2.45) is 0 Å². The van der Waals surface area contributed by atoms with Crippen molar-refractivity contribution < 1.29 is 19.1 Å². The number of carbonyl (C=O) groups is 3. The fourth-order valence-corrected chi connectivity index (χ4v) is 3.29. The Hall–Kier alpha value is -3.06. The molecule has 1 atom stereocenters. The second-order valence-electron chi connectivity index (χ2n) is 6.36. The van der Waals surface area contributed by atoms with E-state index < -0.39 is 23.4 Å². The van der Waals surface area contributed by atoms with E-state index in [0.29, 0.717) is 28.4 Å². The topological polar surface area (TPSA) is 87.7 Å². The van der Waals surface area contributed by atoms with Crippen LogP contribution in [0.15, 0.2) is 48.5 Å². The molecular weight excluding hydrogens is 382 g/mol. The number of halogens is 1. The molecule has 4 amide bonds. The third-order valence-electron chi connectivity index (χ3n) is 4.72. The first-order valence-electron chi connectivity index (χ1n) is 8.73. The average Bonchev–Trinajstić information content (AvgIpc) is 2.95. The van der Waals surface area contributed by atoms with Crippen molar-refractivity contribution in [3.05, 3.63) is 59.1 Å². The van der Waals surface area contributed by atoms with Gasteiger partial charge >= 0.3 is 6.03 Å². The van der Waals surface area contributed by atoms with E-state index in [-0.39, 0.29) is 6.54 Å². The van der Waals surface area contributed by atoms with Crippen molar-refractivity contribution in [2.75, 3.05) is 19.0 Å². The van der Waals surface area contributed by atoms with Gasteiger partial charge in [-0.1, -0.05) is 30.7 Å². The number of anilines is 1. The van der Waals surface area contributed by atoms with Crippen LogP contribution in [-0.4, -0.2) is 36.4 Å². The van der Waals surface area contributed by atoms with Crippen molar-refractivity contribution in [3.8, 4) is 5.75 Å². The van der Waals surface area contributed by atoms with Gasteiger partial charge in [-0.15, -0.1) is 0 Å². The maximum absolute atomic E-state index is 13.1. The van der Waals surface area contributed by atoms with Crippen molar-refractivity contribution in [3.63, 3.8) is 0 Å². The van der Waals surface area contributed by atoms with Gasteiger partial charge in [0.25, 0.3) is 5.91 Å². The summed E-state index contributed by atoms with van der Waals surface area (Å²) in [5, 5.41) is 5.94. The normalized spacial score (nSPS) is 18.8. The average molecular weight is 402 g/mol. The molecule has 0 spiro atoms. The monoisotopic (exact) mass is 401 g/mol. The largest absolute Gasteiger partial charge is 0.497 e. The predicted octanol–water partition coefficient (Wildman–Crippen LogP) is 3.14. The van der Waals surface area contributed by atoms with E-state index in [9.17, 15) is 14.4 Å². The minimum atomic E-state index is -1.20. The SMILES string of the molecule is CC[C@]1(c2ccc(OC)cc2)NC(=O)N(CC(=O)Nc2ccc(Cl)cc2)C1=O. The quantitative estimate of drug-likeness (QED) is 0.728. The molecule has 0 saturated carbocycles. The highest BCUT2D eigenvalue weighted by molar-refractivity contribution is 6.30. The summed E-state index contributed by atoms with van der Waals surface area (Å²) < 4.78 is 5.14. The third-order valence-corrected chi connectivity index (χ3v) is 4.97. The maximum atomic E-state index is 13.1. The highest BCUT2D eigenvalue weighted by Crippen LogP contribution is 2.33. The molecule has 1 aliphatic rings. The highest BCUT2D eigenvalue weighted by atomic mass is 35.5. The fourth-order valence-electron chi connectivity index (χ4n) is 3.16. The Morgan fingerprint density at radius 1 is 1.14 bits per heavy atom. The molecule has 0 aromatic heterocycles. The lowest BCUT2D eigenvalue weighted by molar-refractivity contribution is -0.134. The number of urea groups is 1. The van der Waals surface area contributed by atoms with Crippen LogP contribution in [0.25, 0.3) is 0 Å². The van der Waals surface area contributed by atoms with Crippen molar-refractivity contribution in [2.45, 2.75) is 18.9 Å². The van der Waals surface area contributed by atoms with Gasteiger partial charge in [-0.25, -0.2) is 4.79 Å². The summed E-state index contributed by atoms with van der Waals surface area (Å²) in [5.74, 6) is -0.296. The zero-order chi connectivity index (χ0) is 20.3. The van der Waals surface area contributed by atoms with Gasteiger partial charge in [-0.05, 0) is 48.4 Å². The van der Waals surface area contributed by atoms with Crippen LogP contribution in [0.4, 0.5) is 10.5 Å². The van der Waals surface area contributed by atoms with Crippen LogP contribution in [0.1, 0.15) is 18.9 Å². The molecule has 8 heteroatoms. The van der Waals surface area contributed by atoms with Gasteiger partial charge in [0.2, 0.25) is 5.91 Å². The van der Waals surface area contributed by atoms with E-state index in [1.54, 1.807) is 62.6 Å². The van der Waals surface area contributed by atoms with Crippen LogP contribution in [0, 0.1) is 0 Å². The van der Waals surface area contributed by atoms with Crippen LogP contribution >= 0.6 is 11.6 Å². The number of methoxy groups -OCH3 is 1. The number of nitrogens with one attached hydrogen (secondary N) is 2. The third kappa shape index (κ3) is 3.66. The summed E-state index contributed by atoms with van der Waals surface area (Å²) in [6.07, 6.45) is 0.346. The van der Waals surface area contributed by atoms with Gasteiger partial charge in [0.05, 0.1) is 7.11 Å². The number of rotatable bonds is 6. The zero-order valence-electron chi connectivity index (χ0n) is 15.5. The number of benzene rings is 2. The summed E-state index contributed by atoms with van der Waals surface area (Å²) >= 11 is 5.82. The Labute approximate surface area is 167 Å². The van der Waals surface area contributed by atoms with E-state index in [0.717, 1.165) is 4.90 Å². The van der Waals surface area contributed by atoms with Crippen LogP contribution < -0.4 is 15.4 Å². The summed E-state index contributed by atoms with van der Waals surface area (Å²) in [6, 6.07) is 12.9. The van der Waals surface area contributed by atoms with E-state index in [4.69, 9.17) is 16.3 Å². The van der Waals surface area contributed by atoms with Gasteiger partial charge in [-0.3, -0.25) is 14.5 Å². The molecule has 1 heterocycles. The molecule has 3 rings (SSSR count). The van der Waals surface area contributed by atoms with Gasteiger partial charge in [-0.2, -0.15) is 0 Å². The number of ether oxygens (including phenoxy) is 1. The Bertz CT molecular complexity index is 899. The second-order valence-corrected chi connectivity index (χ2v) is 6.80. The Morgan fingerprint density at radius 2 is 1.79 bits per heavy atom. The lowest BCUT2D eigenvalue weighted by Crippen LogP contribution is -2.44. The summed E-state index contributed by atoms with van der Waals surface area (Å²) in [6.45, 7) is 1.42. The van der Waals surface area contributed by atoms with Gasteiger partial charge in [0, 0.05) is 10.7 Å². The number of amides is 4. The second kappa shape index (κ2) is 7.90. The molecule has 2 aromatic carbocycles. The molecule has 1 saturated heterocycles. The molecule has 146 valence electrons. The molecule has 7 nitrogen and oxygen atoms in total. The van der Waals surface area contributed by atoms with Gasteiger partial charge in [0.1, 0.15) is 17.8 Å². The molecule has 28 heavy (non-hydrogen) atoms. The molecule has 0 aliphatic carbocycles. The lowest BCUT2D eigenvalue weighted by Gasteiger charge is -2.26. The van der Waals surface area contributed by atoms with Gasteiger partial charge in [0.15, 0.2) is 0 Å². The number of hydrogen-bond donors (Lipinski definition) is 2. The van der Waals surface area contributed by atoms with E-state index >= 15 is 0 Å². The Morgan fingerprint density at radius 3 is 2.36 bits per heavy atom. The smallest absolute Gasteiger partial charge is 0.325 e. The number of imide groups is 1. The zero-order valence-corrected chi connectivity index (χ0v) is 16.2. The molecule has 1 aliphatic heterocycles. The van der Waals surface area contributed by atoms with Crippen molar-refractivity contribution in [1.29, 1.82) is 0 Å². The molecule has 2 aromatic rings. The van der Waals surface area contributed by atoms with E-state index in [2.05, 4.69) is 10.6 Å². The molecule has 1 fully saturated rings. The first kappa shape index (κ1) is 19.7. The van der Waals surface area contributed by atoms with Crippen LogP contribution in [-0.2, 0) is 15.1 Å². The van der Waals surface area contributed by atoms with Gasteiger partial charge < -0.3 is 15.4 Å². The predicted molar refractivity (Wildman–Crippen MR) is 105 cm³/mol. The number of hydrogen-bond acceptors (Lipinski definition) is 4. The Balaban J connectivity index is 1.77.